The number of benzene rings is 6. The zero-order valence-electron chi connectivity index (χ0n) is 30.4. The molecule has 51 heavy (non-hydrogen) atoms. The number of hydrogen-bond acceptors (Lipinski definition) is 2. The average Bonchev–Trinajstić information content (AvgIpc) is 3.12. The van der Waals surface area contributed by atoms with Gasteiger partial charge in [-0.25, -0.2) is 0 Å². The summed E-state index contributed by atoms with van der Waals surface area (Å²) in [4.78, 5) is 0. The van der Waals surface area contributed by atoms with Gasteiger partial charge < -0.3 is 8.85 Å². The van der Waals surface area contributed by atoms with Crippen LogP contribution in [0.5, 0.6) is 11.5 Å². The van der Waals surface area contributed by atoms with Crippen LogP contribution in [0.4, 0.5) is 0 Å². The van der Waals surface area contributed by atoms with Crippen LogP contribution in [0.1, 0.15) is 54.5 Å². The molecule has 0 aromatic heterocycles. The minimum Gasteiger partial charge on any atom is -0.534 e. The molecule has 0 aliphatic heterocycles. The van der Waals surface area contributed by atoms with Crippen LogP contribution in [0, 0.1) is 6.92 Å². The summed E-state index contributed by atoms with van der Waals surface area (Å²) in [6, 6.07) is 59.5. The molecule has 0 bridgehead atoms. The molecule has 6 aromatic carbocycles. The summed E-state index contributed by atoms with van der Waals surface area (Å²) in [5, 5.41) is 5.14. The summed E-state index contributed by atoms with van der Waals surface area (Å²) in [5.41, 5.74) is 1.25. The predicted molar refractivity (Wildman–Crippen MR) is 229 cm³/mol. The molecule has 0 amide bonds. The van der Waals surface area contributed by atoms with Gasteiger partial charge in [0, 0.05) is 4.47 Å². The van der Waals surface area contributed by atoms with Crippen LogP contribution < -0.4 is 29.6 Å². The smallest absolute Gasteiger partial charge is 0.319 e. The Labute approximate surface area is 317 Å². The Balaban J connectivity index is 0.000000224. The lowest BCUT2D eigenvalue weighted by Gasteiger charge is -2.43. The van der Waals surface area contributed by atoms with E-state index in [1.54, 1.807) is 0 Å². The van der Waals surface area contributed by atoms with Crippen LogP contribution in [0.25, 0.3) is 0 Å². The van der Waals surface area contributed by atoms with E-state index in [9.17, 15) is 0 Å². The molecule has 0 saturated heterocycles. The first kappa shape index (κ1) is 39.6. The highest BCUT2D eigenvalue weighted by atomic mass is 79.9. The van der Waals surface area contributed by atoms with Gasteiger partial charge >= 0.3 is 16.6 Å². The Hall–Kier alpha value is -4.17. The van der Waals surface area contributed by atoms with E-state index in [0.29, 0.717) is 0 Å². The van der Waals surface area contributed by atoms with Gasteiger partial charge in [-0.3, -0.25) is 0 Å². The van der Waals surface area contributed by atoms with Gasteiger partial charge in [-0.15, -0.1) is 0 Å². The van der Waals surface area contributed by atoms with Gasteiger partial charge in [0.15, 0.2) is 0 Å². The van der Waals surface area contributed by atoms with Crippen LogP contribution in [0.3, 0.4) is 0 Å². The third-order valence-corrected chi connectivity index (χ3v) is 19.6. The topological polar surface area (TPSA) is 18.5 Å². The van der Waals surface area contributed by atoms with Crippen molar-refractivity contribution >= 4 is 53.3 Å². The first-order chi connectivity index (χ1) is 23.9. The van der Waals surface area contributed by atoms with E-state index in [1.165, 1.54) is 26.3 Å². The van der Waals surface area contributed by atoms with Crippen molar-refractivity contribution in [3.8, 4) is 11.5 Å². The van der Waals surface area contributed by atoms with Crippen molar-refractivity contribution < 1.29 is 8.85 Å². The highest BCUT2D eigenvalue weighted by molar-refractivity contribution is 9.10. The molecule has 2 nitrogen and oxygen atoms in total. The molecular formula is C46H53BrO2Si2. The minimum absolute atomic E-state index is 0. The molecule has 0 radical (unpaired) electrons. The first-order valence-electron chi connectivity index (χ1n) is 17.3. The van der Waals surface area contributed by atoms with Crippen molar-refractivity contribution in [2.24, 2.45) is 0 Å². The van der Waals surface area contributed by atoms with Gasteiger partial charge in [-0.05, 0) is 74.1 Å². The van der Waals surface area contributed by atoms with Crippen molar-refractivity contribution in [2.75, 3.05) is 0 Å². The summed E-state index contributed by atoms with van der Waals surface area (Å²) in [6.07, 6.45) is 0. The fourth-order valence-electron chi connectivity index (χ4n) is 6.76. The van der Waals surface area contributed by atoms with Crippen LogP contribution in [-0.2, 0) is 0 Å². The molecule has 6 rings (SSSR count). The number of hydrogen-bond donors (Lipinski definition) is 0. The standard InChI is InChI=1S/C23H26OSi.C22H23BrOSi.CH4/c1-19-15-17-20(18-16-19)24-25(23(2,3)4,21-11-7-5-8-12-21)22-13-9-6-10-14-22;1-22(2,3)25(20-10-6-4-7-11-20,21-12-8-5-9-13-21)24-19-16-14-18(23)15-17-19;/h5-18H,1-4H3;4-17H,1-3H3;1H4. The lowest BCUT2D eigenvalue weighted by Crippen LogP contribution is -2.68. The Kier molecular flexibility index (Phi) is 13.1. The first-order valence-corrected chi connectivity index (χ1v) is 21.9. The highest BCUT2D eigenvalue weighted by Crippen LogP contribution is 2.39. The SMILES string of the molecule is C.CC(C)(C)[Si](Oc1ccc(Br)cc1)(c1ccccc1)c1ccccc1.Cc1ccc(O[Si](c2ccccc2)(c2ccccc2)C(C)(C)C)cc1. The fraction of sp³-hybridized carbons (Fsp3) is 0.217. The summed E-state index contributed by atoms with van der Waals surface area (Å²) in [5.74, 6) is 1.86. The van der Waals surface area contributed by atoms with Gasteiger partial charge in [0.2, 0.25) is 0 Å². The Morgan fingerprint density at radius 3 is 0.902 bits per heavy atom. The van der Waals surface area contributed by atoms with Crippen molar-refractivity contribution in [1.82, 2.24) is 0 Å². The second kappa shape index (κ2) is 16.9. The molecule has 0 aliphatic carbocycles. The van der Waals surface area contributed by atoms with E-state index in [2.05, 4.69) is 210 Å². The van der Waals surface area contributed by atoms with Gasteiger partial charge in [0.25, 0.3) is 0 Å². The van der Waals surface area contributed by atoms with Crippen molar-refractivity contribution in [3.63, 3.8) is 0 Å². The maximum atomic E-state index is 6.93. The molecule has 264 valence electrons. The normalized spacial score (nSPS) is 11.8. The summed E-state index contributed by atoms with van der Waals surface area (Å²) in [6.45, 7) is 15.9. The fourth-order valence-corrected chi connectivity index (χ4v) is 15.9. The second-order valence-electron chi connectivity index (χ2n) is 14.8. The summed E-state index contributed by atoms with van der Waals surface area (Å²) < 4.78 is 14.9. The molecule has 0 atom stereocenters. The molecule has 6 aromatic rings. The molecule has 0 N–H and O–H groups in total. The third-order valence-electron chi connectivity index (χ3n) is 9.21. The Morgan fingerprint density at radius 2 is 0.647 bits per heavy atom. The third kappa shape index (κ3) is 8.84. The predicted octanol–water partition coefficient (Wildman–Crippen LogP) is 11.0. The zero-order valence-corrected chi connectivity index (χ0v) is 33.9. The Morgan fingerprint density at radius 1 is 0.392 bits per heavy atom. The van der Waals surface area contributed by atoms with Crippen LogP contribution in [0.2, 0.25) is 10.1 Å². The molecule has 0 aliphatic rings. The van der Waals surface area contributed by atoms with Crippen molar-refractivity contribution in [1.29, 1.82) is 0 Å². The Bertz CT molecular complexity index is 1680. The monoisotopic (exact) mass is 772 g/mol. The quantitative estimate of drug-likeness (QED) is 0.143. The van der Waals surface area contributed by atoms with Crippen LogP contribution in [-0.4, -0.2) is 16.6 Å². The maximum absolute atomic E-state index is 6.93. The van der Waals surface area contributed by atoms with Gasteiger partial charge in [0.1, 0.15) is 11.5 Å². The van der Waals surface area contributed by atoms with Crippen molar-refractivity contribution in [2.45, 2.75) is 66.0 Å². The van der Waals surface area contributed by atoms with E-state index < -0.39 is 16.6 Å². The van der Waals surface area contributed by atoms with E-state index >= 15 is 0 Å². The van der Waals surface area contributed by atoms with E-state index in [0.717, 1.165) is 16.0 Å². The van der Waals surface area contributed by atoms with E-state index in [4.69, 9.17) is 8.85 Å². The largest absolute Gasteiger partial charge is 0.534 e. The minimum atomic E-state index is -2.52. The number of aryl methyl sites for hydroxylation is 1. The molecule has 0 heterocycles. The van der Waals surface area contributed by atoms with Crippen LogP contribution >= 0.6 is 15.9 Å². The molecule has 0 spiro atoms. The molecule has 0 fully saturated rings. The van der Waals surface area contributed by atoms with Crippen molar-refractivity contribution in [3.05, 3.63) is 180 Å². The lowest BCUT2D eigenvalue weighted by atomic mass is 10.2. The zero-order chi connectivity index (χ0) is 35.8. The number of halogens is 1. The summed E-state index contributed by atoms with van der Waals surface area (Å²) >= 11 is 3.51. The van der Waals surface area contributed by atoms with E-state index in [1.807, 2.05) is 24.3 Å². The molecular weight excluding hydrogens is 721 g/mol. The highest BCUT2D eigenvalue weighted by Gasteiger charge is 2.53. The average molecular weight is 774 g/mol. The molecule has 5 heteroatoms. The molecule has 0 unspecified atom stereocenters. The van der Waals surface area contributed by atoms with Gasteiger partial charge in [0.05, 0.1) is 0 Å². The second-order valence-corrected chi connectivity index (χ2v) is 24.2. The summed E-state index contributed by atoms with van der Waals surface area (Å²) in [7, 11) is -5.03. The molecule has 0 saturated carbocycles. The van der Waals surface area contributed by atoms with Gasteiger partial charge in [-0.2, -0.15) is 0 Å². The van der Waals surface area contributed by atoms with Gasteiger partial charge in [-0.1, -0.05) is 204 Å². The van der Waals surface area contributed by atoms with Crippen LogP contribution in [0.15, 0.2) is 174 Å². The lowest BCUT2D eigenvalue weighted by molar-refractivity contribution is 0.508. The maximum Gasteiger partial charge on any atom is 0.319 e. The van der Waals surface area contributed by atoms with E-state index in [-0.39, 0.29) is 17.5 Å². The number of rotatable bonds is 8.